The van der Waals surface area contributed by atoms with Gasteiger partial charge in [-0.2, -0.15) is 5.21 Å². The van der Waals surface area contributed by atoms with E-state index in [-0.39, 0.29) is 30.7 Å². The summed E-state index contributed by atoms with van der Waals surface area (Å²) in [6.45, 7) is 6.15. The molecule has 0 saturated heterocycles. The lowest BCUT2D eigenvalue weighted by Crippen LogP contribution is -2.52. The number of primary amides is 1. The Morgan fingerprint density at radius 1 is 0.927 bits per heavy atom. The van der Waals surface area contributed by atoms with Crippen LogP contribution in [0.5, 0.6) is 0 Å². The maximum absolute atomic E-state index is 14.5. The lowest BCUT2D eigenvalue weighted by atomic mass is 9.81. The monoisotopic (exact) mass is 747 g/mol. The zero-order valence-corrected chi connectivity index (χ0v) is 31.0. The number of carbonyl (C=O) groups excluding carboxylic acids is 3. The summed E-state index contributed by atoms with van der Waals surface area (Å²) in [5, 5.41) is 16.9. The van der Waals surface area contributed by atoms with Crippen LogP contribution in [0.15, 0.2) is 94.6 Å². The fourth-order valence-corrected chi connectivity index (χ4v) is 6.84. The van der Waals surface area contributed by atoms with Gasteiger partial charge in [0.15, 0.2) is 0 Å². The van der Waals surface area contributed by atoms with Gasteiger partial charge in [0, 0.05) is 36.3 Å². The van der Waals surface area contributed by atoms with Crippen LogP contribution in [0.4, 0.5) is 10.5 Å². The van der Waals surface area contributed by atoms with Gasteiger partial charge in [0.05, 0.1) is 12.1 Å². The Hall–Kier alpha value is -6.38. The quantitative estimate of drug-likeness (QED) is 0.144. The number of amides is 3. The number of hydrogen-bond acceptors (Lipinski definition) is 9. The number of aromatic amines is 2. The van der Waals surface area contributed by atoms with Crippen LogP contribution in [0.3, 0.4) is 0 Å². The summed E-state index contributed by atoms with van der Waals surface area (Å²) in [6, 6.07) is 22.4. The molecule has 15 heteroatoms. The van der Waals surface area contributed by atoms with Crippen LogP contribution in [0, 0.1) is 11.8 Å². The molecule has 2 heterocycles. The van der Waals surface area contributed by atoms with Gasteiger partial charge in [-0.1, -0.05) is 54.6 Å². The summed E-state index contributed by atoms with van der Waals surface area (Å²) in [5.41, 5.74) is 8.08. The van der Waals surface area contributed by atoms with Crippen LogP contribution in [-0.2, 0) is 27.3 Å². The van der Waals surface area contributed by atoms with E-state index < -0.39 is 34.9 Å². The minimum Gasteiger partial charge on any atom is -0.444 e. The number of rotatable bonds is 12. The second-order valence-electron chi connectivity index (χ2n) is 14.8. The normalized spacial score (nSPS) is 16.2. The molecule has 1 saturated carbocycles. The van der Waals surface area contributed by atoms with E-state index in [0.29, 0.717) is 66.0 Å². The van der Waals surface area contributed by atoms with E-state index >= 15 is 0 Å². The highest BCUT2D eigenvalue weighted by Gasteiger charge is 2.36. The molecule has 55 heavy (non-hydrogen) atoms. The number of tetrazole rings is 1. The molecule has 2 aromatic heterocycles. The fourth-order valence-electron chi connectivity index (χ4n) is 6.84. The van der Waals surface area contributed by atoms with Gasteiger partial charge in [-0.25, -0.2) is 9.59 Å². The van der Waals surface area contributed by atoms with Crippen molar-refractivity contribution in [1.29, 1.82) is 0 Å². The first-order valence-corrected chi connectivity index (χ1v) is 18.2. The maximum atomic E-state index is 14.5. The first-order chi connectivity index (χ1) is 26.3. The molecule has 1 atom stereocenters. The molecule has 3 amide bonds. The lowest BCUT2D eigenvalue weighted by Gasteiger charge is -2.36. The zero-order chi connectivity index (χ0) is 39.1. The molecule has 286 valence electrons. The maximum Gasteiger partial charge on any atom is 0.407 e. The second-order valence-corrected chi connectivity index (χ2v) is 14.8. The number of ether oxygens (including phenoxy) is 1. The SMILES string of the molecule is CC(C)(C)OC(=O)NC[C@H]1CC[C@H](C(=O)N(c2ccc(-c3nn[nH]n3)cc2)[C@@H](Cc2ccc(-c3cn(Cc4ccccc4)c(=O)[nH]c3=O)cc2)C(N)=O)CC1. The smallest absolute Gasteiger partial charge is 0.407 e. The van der Waals surface area contributed by atoms with E-state index in [1.807, 2.05) is 51.1 Å². The molecule has 5 N–H and O–H groups in total. The molecule has 1 aliphatic carbocycles. The Balaban J connectivity index is 1.22. The number of hydrogen-bond donors (Lipinski definition) is 4. The Morgan fingerprint density at radius 2 is 1.60 bits per heavy atom. The molecular weight excluding hydrogens is 702 g/mol. The molecule has 0 radical (unpaired) electrons. The number of alkyl carbamates (subject to hydrolysis) is 1. The highest BCUT2D eigenvalue weighted by atomic mass is 16.6. The number of H-pyrrole nitrogens is 2. The van der Waals surface area contributed by atoms with Crippen molar-refractivity contribution < 1.29 is 19.1 Å². The highest BCUT2D eigenvalue weighted by molar-refractivity contribution is 6.01. The molecule has 0 bridgehead atoms. The Kier molecular flexibility index (Phi) is 11.7. The molecule has 1 fully saturated rings. The molecule has 1 aliphatic rings. The van der Waals surface area contributed by atoms with E-state index in [9.17, 15) is 24.0 Å². The van der Waals surface area contributed by atoms with Crippen molar-refractivity contribution >= 4 is 23.6 Å². The van der Waals surface area contributed by atoms with Gasteiger partial charge >= 0.3 is 11.8 Å². The van der Waals surface area contributed by atoms with Crippen LogP contribution < -0.4 is 27.2 Å². The third-order valence-electron chi connectivity index (χ3n) is 9.66. The van der Waals surface area contributed by atoms with Crippen LogP contribution in [0.1, 0.15) is 57.6 Å². The number of benzene rings is 3. The standard InChI is InChI=1S/C40H45N9O6/c1-40(2,3)55-39(54)42-22-26-11-15-30(16-12-26)37(52)49(31-19-17-29(18-20-31)35-44-46-47-45-35)33(34(41)50)21-25-9-13-28(14-10-25)32-24-48(38(53)43-36(32)51)23-27-7-5-4-6-8-27/h4-10,13-14,17-20,24,26,30,33H,11-12,15-16,21-23H2,1-3H3,(H2,41,50)(H,42,54)(H,43,51,53)(H,44,45,46,47)/t26-,30-,33-/m0/s1. The van der Waals surface area contributed by atoms with Gasteiger partial charge < -0.3 is 15.8 Å². The molecule has 15 nitrogen and oxygen atoms in total. The number of anilines is 1. The number of nitrogens with zero attached hydrogens (tertiary/aromatic N) is 5. The second kappa shape index (κ2) is 16.7. The minimum absolute atomic E-state index is 0.104. The van der Waals surface area contributed by atoms with Gasteiger partial charge in [0.2, 0.25) is 17.6 Å². The molecule has 0 spiro atoms. The summed E-state index contributed by atoms with van der Waals surface area (Å²) in [7, 11) is 0. The Labute approximate surface area is 317 Å². The third kappa shape index (κ3) is 9.79. The Morgan fingerprint density at radius 3 is 2.22 bits per heavy atom. The van der Waals surface area contributed by atoms with E-state index in [1.165, 1.54) is 15.7 Å². The number of nitrogens with two attached hydrogens (primary N) is 1. The topological polar surface area (TPSA) is 211 Å². The summed E-state index contributed by atoms with van der Waals surface area (Å²) < 4.78 is 6.81. The van der Waals surface area contributed by atoms with Crippen LogP contribution in [0.2, 0.25) is 0 Å². The molecule has 0 aliphatic heterocycles. The van der Waals surface area contributed by atoms with E-state index in [4.69, 9.17) is 10.5 Å². The summed E-state index contributed by atoms with van der Waals surface area (Å²) in [6.07, 6.45) is 3.71. The molecule has 3 aromatic carbocycles. The first-order valence-electron chi connectivity index (χ1n) is 18.2. The average Bonchev–Trinajstić information content (AvgIpc) is 3.71. The van der Waals surface area contributed by atoms with Gasteiger partial charge in [-0.05, 0) is 98.5 Å². The fraction of sp³-hybridized carbons (Fsp3) is 0.350. The van der Waals surface area contributed by atoms with Crippen molar-refractivity contribution in [1.82, 2.24) is 35.5 Å². The number of carbonyl (C=O) groups is 3. The lowest BCUT2D eigenvalue weighted by molar-refractivity contribution is -0.127. The number of aromatic nitrogens is 6. The molecule has 0 unspecified atom stereocenters. The molecular formula is C40H45N9O6. The van der Waals surface area contributed by atoms with Gasteiger partial charge in [0.25, 0.3) is 5.56 Å². The van der Waals surface area contributed by atoms with Crippen molar-refractivity contribution in [2.75, 3.05) is 11.4 Å². The zero-order valence-electron chi connectivity index (χ0n) is 31.0. The van der Waals surface area contributed by atoms with Gasteiger partial charge in [-0.3, -0.25) is 28.8 Å². The van der Waals surface area contributed by atoms with Crippen LogP contribution >= 0.6 is 0 Å². The van der Waals surface area contributed by atoms with E-state index in [1.54, 1.807) is 48.5 Å². The summed E-state index contributed by atoms with van der Waals surface area (Å²) in [5.74, 6) is -0.728. The minimum atomic E-state index is -1.04. The Bertz CT molecular complexity index is 2200. The van der Waals surface area contributed by atoms with Crippen molar-refractivity contribution in [3.63, 3.8) is 0 Å². The van der Waals surface area contributed by atoms with E-state index in [0.717, 1.165) is 5.56 Å². The first kappa shape index (κ1) is 38.3. The predicted octanol–water partition coefficient (Wildman–Crippen LogP) is 4.19. The van der Waals surface area contributed by atoms with Gasteiger partial charge in [0.1, 0.15) is 11.6 Å². The summed E-state index contributed by atoms with van der Waals surface area (Å²) in [4.78, 5) is 69.4. The molecule has 6 rings (SSSR count). The van der Waals surface area contributed by atoms with Crippen LogP contribution in [0.25, 0.3) is 22.5 Å². The van der Waals surface area contributed by atoms with Gasteiger partial charge in [-0.15, -0.1) is 10.2 Å². The largest absolute Gasteiger partial charge is 0.444 e. The van der Waals surface area contributed by atoms with Crippen molar-refractivity contribution in [2.24, 2.45) is 17.6 Å². The number of nitrogens with one attached hydrogen (secondary N) is 3. The third-order valence-corrected chi connectivity index (χ3v) is 9.66. The van der Waals surface area contributed by atoms with E-state index in [2.05, 4.69) is 30.9 Å². The average molecular weight is 748 g/mol. The molecule has 5 aromatic rings. The van der Waals surface area contributed by atoms with Crippen molar-refractivity contribution in [3.05, 3.63) is 117 Å². The van der Waals surface area contributed by atoms with Crippen molar-refractivity contribution in [3.8, 4) is 22.5 Å². The summed E-state index contributed by atoms with van der Waals surface area (Å²) >= 11 is 0. The van der Waals surface area contributed by atoms with Crippen molar-refractivity contribution in [2.45, 2.75) is 71.1 Å². The highest BCUT2D eigenvalue weighted by Crippen LogP contribution is 2.33. The predicted molar refractivity (Wildman–Crippen MR) is 206 cm³/mol. The van der Waals surface area contributed by atoms with Crippen LogP contribution in [-0.4, -0.2) is 66.3 Å².